The summed E-state index contributed by atoms with van der Waals surface area (Å²) < 4.78 is 0. The van der Waals surface area contributed by atoms with Gasteiger partial charge in [-0.25, -0.2) is 0 Å². The Morgan fingerprint density at radius 2 is 1.79 bits per heavy atom. The second-order valence-electron chi connectivity index (χ2n) is 6.54. The van der Waals surface area contributed by atoms with Crippen molar-refractivity contribution in [2.45, 2.75) is 59.6 Å². The zero-order valence-electron chi connectivity index (χ0n) is 13.2. The number of rotatable bonds is 6. The van der Waals surface area contributed by atoms with Crippen molar-refractivity contribution in [3.8, 4) is 0 Å². The molecule has 0 saturated heterocycles. The van der Waals surface area contributed by atoms with Gasteiger partial charge in [0.2, 0.25) is 0 Å². The van der Waals surface area contributed by atoms with Crippen LogP contribution < -0.4 is 5.32 Å². The first kappa shape index (κ1) is 16.2. The van der Waals surface area contributed by atoms with Crippen LogP contribution in [-0.2, 0) is 0 Å². The van der Waals surface area contributed by atoms with Gasteiger partial charge in [-0.2, -0.15) is 0 Å². The Hall–Kier alpha value is -0.860. The van der Waals surface area contributed by atoms with Gasteiger partial charge in [0, 0.05) is 12.6 Å². The molecule has 0 aliphatic heterocycles. The molecule has 0 aliphatic carbocycles. The van der Waals surface area contributed by atoms with Gasteiger partial charge in [0.15, 0.2) is 0 Å². The molecule has 2 atom stereocenters. The molecule has 0 radical (unpaired) electrons. The van der Waals surface area contributed by atoms with Crippen LogP contribution in [0.25, 0.3) is 0 Å². The van der Waals surface area contributed by atoms with Crippen LogP contribution >= 0.6 is 0 Å². The van der Waals surface area contributed by atoms with E-state index < -0.39 is 5.60 Å². The molecule has 1 rings (SSSR count). The molecule has 0 aliphatic rings. The summed E-state index contributed by atoms with van der Waals surface area (Å²) in [7, 11) is 0. The van der Waals surface area contributed by atoms with Crippen LogP contribution in [0.1, 0.15) is 56.8 Å². The van der Waals surface area contributed by atoms with E-state index in [0.717, 1.165) is 6.42 Å². The number of aryl methyl sites for hydroxylation is 2. The van der Waals surface area contributed by atoms with E-state index in [2.05, 4.69) is 58.1 Å². The van der Waals surface area contributed by atoms with E-state index in [9.17, 15) is 5.11 Å². The van der Waals surface area contributed by atoms with Crippen LogP contribution in [0.4, 0.5) is 0 Å². The number of nitrogens with one attached hydrogen (secondary N) is 1. The minimum absolute atomic E-state index is 0.262. The highest BCUT2D eigenvalue weighted by Crippen LogP contribution is 2.19. The van der Waals surface area contributed by atoms with Crippen molar-refractivity contribution in [1.29, 1.82) is 0 Å². The molecular weight excluding hydrogens is 234 g/mol. The summed E-state index contributed by atoms with van der Waals surface area (Å²) in [5.41, 5.74) is 3.29. The van der Waals surface area contributed by atoms with Crippen molar-refractivity contribution in [3.63, 3.8) is 0 Å². The van der Waals surface area contributed by atoms with Gasteiger partial charge in [-0.3, -0.25) is 0 Å². The number of benzene rings is 1. The molecule has 1 aromatic rings. The molecule has 2 N–H and O–H groups in total. The number of aliphatic hydroxyl groups is 1. The highest BCUT2D eigenvalue weighted by atomic mass is 16.3. The van der Waals surface area contributed by atoms with Gasteiger partial charge in [0.25, 0.3) is 0 Å². The fourth-order valence-electron chi connectivity index (χ4n) is 2.48. The standard InChI is InChI=1S/C17H29NO/c1-12(2)10-17(6,19)11-18-15(5)16-8-7-13(3)14(4)9-16/h7-9,12,15,18-19H,10-11H2,1-6H3. The molecule has 0 bridgehead atoms. The third-order valence-corrected chi connectivity index (χ3v) is 3.67. The molecule has 0 spiro atoms. The maximum atomic E-state index is 10.3. The van der Waals surface area contributed by atoms with Gasteiger partial charge >= 0.3 is 0 Å². The summed E-state index contributed by atoms with van der Waals surface area (Å²) in [6.45, 7) is 13.2. The van der Waals surface area contributed by atoms with Crippen LogP contribution in [0, 0.1) is 19.8 Å². The van der Waals surface area contributed by atoms with Gasteiger partial charge in [-0.15, -0.1) is 0 Å². The molecule has 108 valence electrons. The predicted octanol–water partition coefficient (Wildman–Crippen LogP) is 3.75. The van der Waals surface area contributed by atoms with Crippen molar-refractivity contribution >= 4 is 0 Å². The van der Waals surface area contributed by atoms with E-state index in [1.165, 1.54) is 16.7 Å². The zero-order chi connectivity index (χ0) is 14.6. The van der Waals surface area contributed by atoms with Crippen molar-refractivity contribution in [1.82, 2.24) is 5.32 Å². The SMILES string of the molecule is Cc1ccc(C(C)NCC(C)(O)CC(C)C)cc1C. The molecule has 2 nitrogen and oxygen atoms in total. The Morgan fingerprint density at radius 3 is 2.32 bits per heavy atom. The van der Waals surface area contributed by atoms with E-state index in [1.807, 2.05) is 6.92 Å². The number of hydrogen-bond donors (Lipinski definition) is 2. The lowest BCUT2D eigenvalue weighted by Crippen LogP contribution is -2.39. The van der Waals surface area contributed by atoms with Crippen molar-refractivity contribution in [2.24, 2.45) is 5.92 Å². The lowest BCUT2D eigenvalue weighted by molar-refractivity contribution is 0.0363. The molecule has 0 heterocycles. The minimum Gasteiger partial charge on any atom is -0.389 e. The topological polar surface area (TPSA) is 32.3 Å². The smallest absolute Gasteiger partial charge is 0.0746 e. The van der Waals surface area contributed by atoms with E-state index in [-0.39, 0.29) is 6.04 Å². The molecule has 19 heavy (non-hydrogen) atoms. The first-order valence-electron chi connectivity index (χ1n) is 7.24. The van der Waals surface area contributed by atoms with Crippen LogP contribution in [0.15, 0.2) is 18.2 Å². The largest absolute Gasteiger partial charge is 0.389 e. The first-order chi connectivity index (χ1) is 8.71. The van der Waals surface area contributed by atoms with Crippen LogP contribution in [-0.4, -0.2) is 17.3 Å². The van der Waals surface area contributed by atoms with Crippen molar-refractivity contribution < 1.29 is 5.11 Å². The summed E-state index contributed by atoms with van der Waals surface area (Å²) in [5.74, 6) is 0.508. The first-order valence-corrected chi connectivity index (χ1v) is 7.24. The fourth-order valence-corrected chi connectivity index (χ4v) is 2.48. The summed E-state index contributed by atoms with van der Waals surface area (Å²) in [6, 6.07) is 6.81. The third-order valence-electron chi connectivity index (χ3n) is 3.67. The molecule has 2 heteroatoms. The second kappa shape index (κ2) is 6.53. The summed E-state index contributed by atoms with van der Waals surface area (Å²) in [5, 5.41) is 13.8. The third kappa shape index (κ3) is 5.33. The Kier molecular flexibility index (Phi) is 5.57. The quantitative estimate of drug-likeness (QED) is 0.819. The van der Waals surface area contributed by atoms with Gasteiger partial charge in [-0.05, 0) is 56.7 Å². The lowest BCUT2D eigenvalue weighted by atomic mass is 9.93. The van der Waals surface area contributed by atoms with Gasteiger partial charge in [-0.1, -0.05) is 32.0 Å². The molecule has 0 fully saturated rings. The van der Waals surface area contributed by atoms with Gasteiger partial charge < -0.3 is 10.4 Å². The van der Waals surface area contributed by atoms with Crippen molar-refractivity contribution in [3.05, 3.63) is 34.9 Å². The van der Waals surface area contributed by atoms with E-state index in [1.54, 1.807) is 0 Å². The minimum atomic E-state index is -0.637. The van der Waals surface area contributed by atoms with E-state index in [0.29, 0.717) is 12.5 Å². The average molecular weight is 263 g/mol. The fraction of sp³-hybridized carbons (Fsp3) is 0.647. The maximum Gasteiger partial charge on any atom is 0.0746 e. The number of hydrogen-bond acceptors (Lipinski definition) is 2. The monoisotopic (exact) mass is 263 g/mol. The second-order valence-corrected chi connectivity index (χ2v) is 6.54. The van der Waals surface area contributed by atoms with Crippen LogP contribution in [0.2, 0.25) is 0 Å². The van der Waals surface area contributed by atoms with E-state index >= 15 is 0 Å². The van der Waals surface area contributed by atoms with Crippen LogP contribution in [0.3, 0.4) is 0 Å². The van der Waals surface area contributed by atoms with Gasteiger partial charge in [0.05, 0.1) is 5.60 Å². The van der Waals surface area contributed by atoms with E-state index in [4.69, 9.17) is 0 Å². The van der Waals surface area contributed by atoms with Gasteiger partial charge in [0.1, 0.15) is 0 Å². The molecule has 1 aromatic carbocycles. The highest BCUT2D eigenvalue weighted by Gasteiger charge is 2.22. The van der Waals surface area contributed by atoms with Crippen molar-refractivity contribution in [2.75, 3.05) is 6.54 Å². The summed E-state index contributed by atoms with van der Waals surface area (Å²) in [6.07, 6.45) is 0.819. The Bertz CT molecular complexity index is 410. The average Bonchev–Trinajstić information content (AvgIpc) is 2.28. The molecule has 2 unspecified atom stereocenters. The highest BCUT2D eigenvalue weighted by molar-refractivity contribution is 5.31. The molecular formula is C17H29NO. The molecule has 0 saturated carbocycles. The normalized spacial score (nSPS) is 16.4. The lowest BCUT2D eigenvalue weighted by Gasteiger charge is -2.28. The maximum absolute atomic E-state index is 10.3. The Labute approximate surface area is 118 Å². The summed E-state index contributed by atoms with van der Waals surface area (Å²) in [4.78, 5) is 0. The van der Waals surface area contributed by atoms with Crippen LogP contribution in [0.5, 0.6) is 0 Å². The molecule has 0 amide bonds. The summed E-state index contributed by atoms with van der Waals surface area (Å²) >= 11 is 0. The Balaban J connectivity index is 2.59. The zero-order valence-corrected chi connectivity index (χ0v) is 13.2. The molecule has 0 aromatic heterocycles. The predicted molar refractivity (Wildman–Crippen MR) is 82.4 cm³/mol. The Morgan fingerprint density at radius 1 is 1.16 bits per heavy atom.